The molecular weight excluding hydrogens is 332 g/mol. The van der Waals surface area contributed by atoms with Gasteiger partial charge >= 0.3 is 6.09 Å². The van der Waals surface area contributed by atoms with Gasteiger partial charge in [-0.25, -0.2) is 4.79 Å². The molecular formula is C17H23ClN2O4. The van der Waals surface area contributed by atoms with Crippen molar-refractivity contribution in [2.75, 3.05) is 13.1 Å². The van der Waals surface area contributed by atoms with Gasteiger partial charge in [0.15, 0.2) is 0 Å². The number of amides is 2. The summed E-state index contributed by atoms with van der Waals surface area (Å²) in [4.78, 5) is 25.9. The van der Waals surface area contributed by atoms with Crippen molar-refractivity contribution in [2.24, 2.45) is 0 Å². The number of halogens is 1. The van der Waals surface area contributed by atoms with E-state index < -0.39 is 17.8 Å². The molecule has 2 N–H and O–H groups in total. The van der Waals surface area contributed by atoms with Gasteiger partial charge in [-0.15, -0.1) is 0 Å². The van der Waals surface area contributed by atoms with Crippen molar-refractivity contribution in [3.05, 3.63) is 34.9 Å². The Labute approximate surface area is 146 Å². The van der Waals surface area contributed by atoms with Gasteiger partial charge in [0.1, 0.15) is 5.60 Å². The van der Waals surface area contributed by atoms with Crippen molar-refractivity contribution < 1.29 is 19.4 Å². The Balaban J connectivity index is 1.95. The third-order valence-electron chi connectivity index (χ3n) is 3.63. The maximum atomic E-state index is 12.2. The number of aliphatic hydroxyl groups excluding tert-OH is 1. The van der Waals surface area contributed by atoms with E-state index in [2.05, 4.69) is 5.32 Å². The molecule has 0 aliphatic carbocycles. The summed E-state index contributed by atoms with van der Waals surface area (Å²) in [6.45, 7) is 5.81. The summed E-state index contributed by atoms with van der Waals surface area (Å²) in [5.74, 6) is -0.253. The molecule has 2 rings (SSSR count). The number of rotatable bonds is 3. The predicted molar refractivity (Wildman–Crippen MR) is 91.1 cm³/mol. The summed E-state index contributed by atoms with van der Waals surface area (Å²) in [5.41, 5.74) is -0.122. The maximum absolute atomic E-state index is 12.2. The maximum Gasteiger partial charge on any atom is 0.410 e. The van der Waals surface area contributed by atoms with Crippen LogP contribution in [0.4, 0.5) is 4.79 Å². The van der Waals surface area contributed by atoms with E-state index in [4.69, 9.17) is 16.3 Å². The SMILES string of the molecule is CC(C)(C)OC(=O)N1C[C@H](O)C[C@H]1CNC(=O)c1ccc(Cl)cc1. The van der Waals surface area contributed by atoms with Gasteiger partial charge < -0.3 is 20.1 Å². The first-order valence-corrected chi connectivity index (χ1v) is 8.25. The third-order valence-corrected chi connectivity index (χ3v) is 3.88. The number of likely N-dealkylation sites (tertiary alicyclic amines) is 1. The minimum absolute atomic E-state index is 0.205. The van der Waals surface area contributed by atoms with E-state index in [0.717, 1.165) is 0 Å². The van der Waals surface area contributed by atoms with Crippen LogP contribution >= 0.6 is 11.6 Å². The number of ether oxygens (including phenoxy) is 1. The number of hydrogen-bond donors (Lipinski definition) is 2. The lowest BCUT2D eigenvalue weighted by Crippen LogP contribution is -2.45. The summed E-state index contributed by atoms with van der Waals surface area (Å²) in [5, 5.41) is 13.2. The highest BCUT2D eigenvalue weighted by Gasteiger charge is 2.36. The second kappa shape index (κ2) is 7.40. The normalized spacial score (nSPS) is 20.8. The topological polar surface area (TPSA) is 78.9 Å². The van der Waals surface area contributed by atoms with Crippen molar-refractivity contribution in [2.45, 2.75) is 44.9 Å². The first kappa shape index (κ1) is 18.5. The van der Waals surface area contributed by atoms with Crippen LogP contribution < -0.4 is 5.32 Å². The lowest BCUT2D eigenvalue weighted by atomic mass is 10.1. The van der Waals surface area contributed by atoms with E-state index in [1.807, 2.05) is 0 Å². The largest absolute Gasteiger partial charge is 0.444 e. The highest BCUT2D eigenvalue weighted by Crippen LogP contribution is 2.21. The molecule has 1 aliphatic heterocycles. The molecule has 24 heavy (non-hydrogen) atoms. The lowest BCUT2D eigenvalue weighted by Gasteiger charge is -2.28. The van der Waals surface area contributed by atoms with Crippen molar-refractivity contribution in [1.82, 2.24) is 10.2 Å². The van der Waals surface area contributed by atoms with Crippen LogP contribution in [-0.4, -0.2) is 52.8 Å². The van der Waals surface area contributed by atoms with Crippen molar-refractivity contribution in [3.63, 3.8) is 0 Å². The second-order valence-electron chi connectivity index (χ2n) is 6.89. The van der Waals surface area contributed by atoms with Crippen molar-refractivity contribution >= 4 is 23.6 Å². The van der Waals surface area contributed by atoms with Crippen LogP contribution in [0, 0.1) is 0 Å². The van der Waals surface area contributed by atoms with Crippen LogP contribution in [0.25, 0.3) is 0 Å². The summed E-state index contributed by atoms with van der Waals surface area (Å²) < 4.78 is 5.35. The Morgan fingerprint density at radius 1 is 1.33 bits per heavy atom. The minimum atomic E-state index is -0.616. The predicted octanol–water partition coefficient (Wildman–Crippen LogP) is 2.44. The number of carbonyl (C=O) groups is 2. The molecule has 1 saturated heterocycles. The van der Waals surface area contributed by atoms with Gasteiger partial charge in [0, 0.05) is 17.1 Å². The number of aliphatic hydroxyl groups is 1. The number of hydrogen-bond acceptors (Lipinski definition) is 4. The molecule has 2 atom stereocenters. The first-order chi connectivity index (χ1) is 11.2. The Hall–Kier alpha value is -1.79. The molecule has 1 aromatic carbocycles. The van der Waals surface area contributed by atoms with Gasteiger partial charge in [-0.05, 0) is 51.5 Å². The van der Waals surface area contributed by atoms with Crippen molar-refractivity contribution in [1.29, 1.82) is 0 Å². The molecule has 1 fully saturated rings. The summed E-state index contributed by atoms with van der Waals surface area (Å²) in [6, 6.07) is 6.25. The molecule has 0 saturated carbocycles. The monoisotopic (exact) mass is 354 g/mol. The zero-order chi connectivity index (χ0) is 17.9. The Morgan fingerprint density at radius 2 is 1.96 bits per heavy atom. The lowest BCUT2D eigenvalue weighted by molar-refractivity contribution is 0.0207. The Morgan fingerprint density at radius 3 is 2.54 bits per heavy atom. The molecule has 0 bridgehead atoms. The van der Waals surface area contributed by atoms with Crippen LogP contribution in [-0.2, 0) is 4.74 Å². The molecule has 1 aliphatic rings. The molecule has 0 unspecified atom stereocenters. The second-order valence-corrected chi connectivity index (χ2v) is 7.33. The minimum Gasteiger partial charge on any atom is -0.444 e. The van der Waals surface area contributed by atoms with Crippen LogP contribution in [0.1, 0.15) is 37.6 Å². The van der Waals surface area contributed by atoms with Gasteiger partial charge in [-0.3, -0.25) is 4.79 Å². The molecule has 6 nitrogen and oxygen atoms in total. The van der Waals surface area contributed by atoms with E-state index >= 15 is 0 Å². The fraction of sp³-hybridized carbons (Fsp3) is 0.529. The molecule has 0 spiro atoms. The molecule has 1 aromatic rings. The molecule has 132 valence electrons. The molecule has 0 aromatic heterocycles. The first-order valence-electron chi connectivity index (χ1n) is 7.87. The quantitative estimate of drug-likeness (QED) is 0.873. The van der Waals surface area contributed by atoms with Crippen LogP contribution in [0.3, 0.4) is 0 Å². The van der Waals surface area contributed by atoms with Gasteiger partial charge in [-0.1, -0.05) is 11.6 Å². The average Bonchev–Trinajstić information content (AvgIpc) is 2.85. The fourth-order valence-corrected chi connectivity index (χ4v) is 2.67. The Kier molecular flexibility index (Phi) is 5.72. The fourth-order valence-electron chi connectivity index (χ4n) is 2.54. The number of nitrogens with zero attached hydrogens (tertiary/aromatic N) is 1. The van der Waals surface area contributed by atoms with E-state index in [9.17, 15) is 14.7 Å². The number of carbonyl (C=O) groups excluding carboxylic acids is 2. The Bertz CT molecular complexity index is 598. The van der Waals surface area contributed by atoms with Crippen LogP contribution in [0.2, 0.25) is 5.02 Å². The average molecular weight is 355 g/mol. The zero-order valence-corrected chi connectivity index (χ0v) is 14.8. The van der Waals surface area contributed by atoms with E-state index in [0.29, 0.717) is 17.0 Å². The highest BCUT2D eigenvalue weighted by molar-refractivity contribution is 6.30. The highest BCUT2D eigenvalue weighted by atomic mass is 35.5. The summed E-state index contributed by atoms with van der Waals surface area (Å²) >= 11 is 5.80. The van der Waals surface area contributed by atoms with Gasteiger partial charge in [0.25, 0.3) is 5.91 Å². The standard InChI is InChI=1S/C17H23ClN2O4/c1-17(2,3)24-16(23)20-10-14(21)8-13(20)9-19-15(22)11-4-6-12(18)7-5-11/h4-7,13-14,21H,8-10H2,1-3H3,(H,19,22)/t13-,14+/m0/s1. The number of β-amino-alcohol motifs (C(OH)–C–C–N with tert-alkyl or cyclic N) is 1. The summed E-state index contributed by atoms with van der Waals surface area (Å²) in [6.07, 6.45) is -0.695. The number of nitrogens with one attached hydrogen (secondary N) is 1. The van der Waals surface area contributed by atoms with E-state index in [-0.39, 0.29) is 25.0 Å². The van der Waals surface area contributed by atoms with E-state index in [1.54, 1.807) is 45.0 Å². The van der Waals surface area contributed by atoms with Gasteiger partial charge in [0.2, 0.25) is 0 Å². The molecule has 1 heterocycles. The smallest absolute Gasteiger partial charge is 0.410 e. The van der Waals surface area contributed by atoms with Crippen LogP contribution in [0.5, 0.6) is 0 Å². The molecule has 0 radical (unpaired) electrons. The van der Waals surface area contributed by atoms with E-state index in [1.165, 1.54) is 4.90 Å². The summed E-state index contributed by atoms with van der Waals surface area (Å²) in [7, 11) is 0. The third kappa shape index (κ3) is 5.11. The molecule has 2 amide bonds. The number of benzene rings is 1. The molecule has 7 heteroatoms. The van der Waals surface area contributed by atoms with Crippen molar-refractivity contribution in [3.8, 4) is 0 Å². The zero-order valence-electron chi connectivity index (χ0n) is 14.1. The van der Waals surface area contributed by atoms with Gasteiger partial charge in [0.05, 0.1) is 18.7 Å². The van der Waals surface area contributed by atoms with Gasteiger partial charge in [-0.2, -0.15) is 0 Å². The van der Waals surface area contributed by atoms with Crippen LogP contribution in [0.15, 0.2) is 24.3 Å².